The summed E-state index contributed by atoms with van der Waals surface area (Å²) in [4.78, 5) is 30.1. The fourth-order valence-electron chi connectivity index (χ4n) is 2.89. The number of amides is 1. The highest BCUT2D eigenvalue weighted by Gasteiger charge is 2.20. The summed E-state index contributed by atoms with van der Waals surface area (Å²) in [5, 5.41) is 2.69. The number of aryl methyl sites for hydroxylation is 1. The third-order valence-electron chi connectivity index (χ3n) is 4.32. The minimum Gasteiger partial charge on any atom is -0.438 e. The lowest BCUT2D eigenvalue weighted by atomic mass is 10.1. The van der Waals surface area contributed by atoms with Gasteiger partial charge in [0.15, 0.2) is 22.1 Å². The van der Waals surface area contributed by atoms with Crippen molar-refractivity contribution in [1.82, 2.24) is 19.9 Å². The molecule has 3 aromatic heterocycles. The number of carbonyl (C=O) groups is 1. The number of pyridine rings is 1. The van der Waals surface area contributed by atoms with Gasteiger partial charge in [-0.05, 0) is 31.2 Å². The van der Waals surface area contributed by atoms with Gasteiger partial charge in [-0.15, -0.1) is 0 Å². The van der Waals surface area contributed by atoms with E-state index in [9.17, 15) is 13.2 Å². The van der Waals surface area contributed by atoms with E-state index in [1.165, 1.54) is 12.1 Å². The van der Waals surface area contributed by atoms with E-state index in [0.29, 0.717) is 22.8 Å². The number of hydrogen-bond donors (Lipinski definition) is 1. The standard InChI is InChI=1S/C21H17N5O4S/c1-13-11-17(25-20(24-13)16-5-3-4-10-22-16)26-21(27)19-18(23-12-30-19)14-6-8-15(9-7-14)31(2,28)29/h3-12H,1-2H3,(H,24,25,26,27). The molecule has 4 aromatic rings. The van der Waals surface area contributed by atoms with Crippen LogP contribution in [0.1, 0.15) is 16.2 Å². The van der Waals surface area contributed by atoms with Crippen LogP contribution in [-0.2, 0) is 9.84 Å². The molecule has 1 aromatic carbocycles. The topological polar surface area (TPSA) is 128 Å². The van der Waals surface area contributed by atoms with E-state index in [4.69, 9.17) is 4.42 Å². The monoisotopic (exact) mass is 435 g/mol. The lowest BCUT2D eigenvalue weighted by molar-refractivity contribution is 0.0997. The molecule has 9 nitrogen and oxygen atoms in total. The summed E-state index contributed by atoms with van der Waals surface area (Å²) in [6.45, 7) is 1.78. The van der Waals surface area contributed by atoms with Gasteiger partial charge in [0, 0.05) is 29.8 Å². The summed E-state index contributed by atoms with van der Waals surface area (Å²) < 4.78 is 28.6. The van der Waals surface area contributed by atoms with Crippen molar-refractivity contribution in [2.24, 2.45) is 0 Å². The zero-order chi connectivity index (χ0) is 22.0. The molecule has 1 N–H and O–H groups in total. The van der Waals surface area contributed by atoms with E-state index < -0.39 is 15.7 Å². The highest BCUT2D eigenvalue weighted by molar-refractivity contribution is 7.90. The Balaban J connectivity index is 1.61. The van der Waals surface area contributed by atoms with E-state index >= 15 is 0 Å². The van der Waals surface area contributed by atoms with E-state index in [0.717, 1.165) is 12.6 Å². The van der Waals surface area contributed by atoms with Crippen molar-refractivity contribution in [2.75, 3.05) is 11.6 Å². The SMILES string of the molecule is Cc1cc(NC(=O)c2ocnc2-c2ccc(S(C)(=O)=O)cc2)nc(-c2ccccn2)n1. The molecule has 0 atom stereocenters. The molecule has 4 rings (SSSR count). The van der Waals surface area contributed by atoms with Gasteiger partial charge in [0.25, 0.3) is 5.91 Å². The van der Waals surface area contributed by atoms with Gasteiger partial charge in [0.1, 0.15) is 17.2 Å². The minimum atomic E-state index is -3.33. The Kier molecular flexibility index (Phi) is 5.30. The molecule has 0 aliphatic heterocycles. The summed E-state index contributed by atoms with van der Waals surface area (Å²) in [6.07, 6.45) is 3.91. The number of sulfone groups is 1. The first-order chi connectivity index (χ1) is 14.8. The van der Waals surface area contributed by atoms with Gasteiger partial charge in [-0.3, -0.25) is 9.78 Å². The van der Waals surface area contributed by atoms with Gasteiger partial charge in [-0.1, -0.05) is 18.2 Å². The van der Waals surface area contributed by atoms with E-state index in [1.807, 2.05) is 6.07 Å². The number of oxazole rings is 1. The van der Waals surface area contributed by atoms with Crippen LogP contribution in [0.15, 0.2) is 70.4 Å². The largest absolute Gasteiger partial charge is 0.438 e. The van der Waals surface area contributed by atoms with Gasteiger partial charge in [-0.2, -0.15) is 0 Å². The Morgan fingerprint density at radius 3 is 2.48 bits per heavy atom. The van der Waals surface area contributed by atoms with Crippen LogP contribution < -0.4 is 5.32 Å². The van der Waals surface area contributed by atoms with Crippen molar-refractivity contribution in [3.8, 4) is 22.8 Å². The summed E-state index contributed by atoms with van der Waals surface area (Å²) in [7, 11) is -3.33. The van der Waals surface area contributed by atoms with Crippen molar-refractivity contribution in [3.63, 3.8) is 0 Å². The molecule has 0 spiro atoms. The number of aromatic nitrogens is 4. The van der Waals surface area contributed by atoms with Gasteiger partial charge in [0.2, 0.25) is 5.76 Å². The van der Waals surface area contributed by atoms with Crippen LogP contribution in [0, 0.1) is 6.92 Å². The molecule has 1 amide bonds. The van der Waals surface area contributed by atoms with E-state index in [-0.39, 0.29) is 22.2 Å². The minimum absolute atomic E-state index is 0.0252. The first-order valence-corrected chi connectivity index (χ1v) is 11.0. The fourth-order valence-corrected chi connectivity index (χ4v) is 3.52. The second kappa shape index (κ2) is 8.07. The average molecular weight is 435 g/mol. The van der Waals surface area contributed by atoms with Crippen LogP contribution in [0.5, 0.6) is 0 Å². The van der Waals surface area contributed by atoms with Gasteiger partial charge in [-0.25, -0.2) is 23.4 Å². The molecular formula is C21H17N5O4S. The Labute approximate surface area is 178 Å². The average Bonchev–Trinajstić information content (AvgIpc) is 3.23. The second-order valence-electron chi connectivity index (χ2n) is 6.71. The predicted molar refractivity (Wildman–Crippen MR) is 113 cm³/mol. The van der Waals surface area contributed by atoms with Crippen LogP contribution in [0.3, 0.4) is 0 Å². The molecular weight excluding hydrogens is 418 g/mol. The summed E-state index contributed by atoms with van der Waals surface area (Å²) in [6, 6.07) is 13.0. The highest BCUT2D eigenvalue weighted by atomic mass is 32.2. The Morgan fingerprint density at radius 2 is 1.81 bits per heavy atom. The molecule has 10 heteroatoms. The van der Waals surface area contributed by atoms with Crippen molar-refractivity contribution in [1.29, 1.82) is 0 Å². The fraction of sp³-hybridized carbons (Fsp3) is 0.0952. The molecule has 0 radical (unpaired) electrons. The van der Waals surface area contributed by atoms with Crippen LogP contribution in [0.4, 0.5) is 5.82 Å². The Hall–Kier alpha value is -3.92. The maximum Gasteiger partial charge on any atom is 0.294 e. The van der Waals surface area contributed by atoms with Crippen molar-refractivity contribution in [3.05, 3.63) is 72.6 Å². The molecule has 0 fully saturated rings. The van der Waals surface area contributed by atoms with E-state index in [2.05, 4.69) is 25.3 Å². The maximum absolute atomic E-state index is 12.8. The van der Waals surface area contributed by atoms with Gasteiger partial charge >= 0.3 is 0 Å². The summed E-state index contributed by atoms with van der Waals surface area (Å²) in [5.74, 6) is 0.0884. The zero-order valence-electron chi connectivity index (χ0n) is 16.6. The quantitative estimate of drug-likeness (QED) is 0.506. The molecule has 156 valence electrons. The van der Waals surface area contributed by atoms with Gasteiger partial charge in [0.05, 0.1) is 4.90 Å². The number of benzene rings is 1. The third-order valence-corrected chi connectivity index (χ3v) is 5.45. The molecule has 3 heterocycles. The van der Waals surface area contributed by atoms with Gasteiger partial charge < -0.3 is 9.73 Å². The molecule has 0 unspecified atom stereocenters. The molecule has 0 bridgehead atoms. The molecule has 31 heavy (non-hydrogen) atoms. The molecule has 0 saturated heterocycles. The number of nitrogens with one attached hydrogen (secondary N) is 1. The smallest absolute Gasteiger partial charge is 0.294 e. The number of rotatable bonds is 5. The first kappa shape index (κ1) is 20.4. The van der Waals surface area contributed by atoms with Crippen LogP contribution >= 0.6 is 0 Å². The summed E-state index contributed by atoms with van der Waals surface area (Å²) in [5.41, 5.74) is 2.06. The number of nitrogens with zero attached hydrogens (tertiary/aromatic N) is 4. The van der Waals surface area contributed by atoms with Crippen molar-refractivity contribution >= 4 is 21.6 Å². The lowest BCUT2D eigenvalue weighted by Crippen LogP contribution is -2.14. The number of anilines is 1. The zero-order valence-corrected chi connectivity index (χ0v) is 17.4. The predicted octanol–water partition coefficient (Wildman–Crippen LogP) is 3.16. The van der Waals surface area contributed by atoms with Crippen LogP contribution in [-0.4, -0.2) is 40.5 Å². The molecule has 0 aliphatic rings. The van der Waals surface area contributed by atoms with E-state index in [1.54, 1.807) is 43.5 Å². The summed E-state index contributed by atoms with van der Waals surface area (Å²) >= 11 is 0. The van der Waals surface area contributed by atoms with Crippen molar-refractivity contribution in [2.45, 2.75) is 11.8 Å². The Bertz CT molecular complexity index is 1350. The highest BCUT2D eigenvalue weighted by Crippen LogP contribution is 2.25. The normalized spacial score (nSPS) is 11.3. The maximum atomic E-state index is 12.8. The lowest BCUT2D eigenvalue weighted by Gasteiger charge is -2.07. The first-order valence-electron chi connectivity index (χ1n) is 9.14. The third kappa shape index (κ3) is 4.48. The molecule has 0 saturated carbocycles. The molecule has 0 aliphatic carbocycles. The number of hydrogen-bond acceptors (Lipinski definition) is 8. The second-order valence-corrected chi connectivity index (χ2v) is 8.73. The number of carbonyl (C=O) groups excluding carboxylic acids is 1. The van der Waals surface area contributed by atoms with Crippen LogP contribution in [0.25, 0.3) is 22.8 Å². The Morgan fingerprint density at radius 1 is 1.03 bits per heavy atom. The van der Waals surface area contributed by atoms with Crippen LogP contribution in [0.2, 0.25) is 0 Å². The van der Waals surface area contributed by atoms with Crippen molar-refractivity contribution < 1.29 is 17.6 Å².